The third kappa shape index (κ3) is 4.06. The molecule has 0 atom stereocenters. The molecular formula is C14H19NO3S. The number of aryl methyl sites for hydroxylation is 2. The molecule has 1 aromatic rings. The van der Waals surface area contributed by atoms with E-state index >= 15 is 0 Å². The lowest BCUT2D eigenvalue weighted by Gasteiger charge is -2.32. The van der Waals surface area contributed by atoms with E-state index in [1.165, 1.54) is 9.75 Å². The van der Waals surface area contributed by atoms with E-state index in [0.29, 0.717) is 19.3 Å². The van der Waals surface area contributed by atoms with Gasteiger partial charge in [-0.05, 0) is 44.7 Å². The lowest BCUT2D eigenvalue weighted by molar-refractivity contribution is -0.146. The van der Waals surface area contributed by atoms with Crippen LogP contribution in [0.25, 0.3) is 0 Å². The van der Waals surface area contributed by atoms with Gasteiger partial charge in [0.05, 0.1) is 5.92 Å². The van der Waals surface area contributed by atoms with Crippen molar-refractivity contribution < 1.29 is 14.7 Å². The summed E-state index contributed by atoms with van der Waals surface area (Å²) in [6, 6.07) is 4.28. The summed E-state index contributed by atoms with van der Waals surface area (Å²) < 4.78 is 0. The predicted octanol–water partition coefficient (Wildman–Crippen LogP) is 2.36. The van der Waals surface area contributed by atoms with E-state index in [9.17, 15) is 9.59 Å². The average Bonchev–Trinajstić information content (AvgIpc) is 2.68. The fourth-order valence-electron chi connectivity index (χ4n) is 2.28. The molecule has 5 heteroatoms. The Bertz CT molecular complexity index is 463. The summed E-state index contributed by atoms with van der Waals surface area (Å²) in [6.45, 7) is 2.08. The maximum absolute atomic E-state index is 11.7. The Kier molecular flexibility index (Phi) is 4.58. The molecule has 1 heterocycles. The van der Waals surface area contributed by atoms with Crippen molar-refractivity contribution in [2.24, 2.45) is 5.92 Å². The first-order valence-electron chi connectivity index (χ1n) is 6.62. The van der Waals surface area contributed by atoms with Gasteiger partial charge in [-0.3, -0.25) is 9.59 Å². The minimum atomic E-state index is -0.751. The van der Waals surface area contributed by atoms with Crippen LogP contribution in [0.2, 0.25) is 0 Å². The van der Waals surface area contributed by atoms with Crippen LogP contribution < -0.4 is 5.32 Å². The summed E-state index contributed by atoms with van der Waals surface area (Å²) in [5.41, 5.74) is 0. The zero-order valence-electron chi connectivity index (χ0n) is 11.0. The molecule has 1 aromatic heterocycles. The van der Waals surface area contributed by atoms with Gasteiger partial charge in [0.25, 0.3) is 0 Å². The second-order valence-corrected chi connectivity index (χ2v) is 6.51. The van der Waals surface area contributed by atoms with Gasteiger partial charge in [0.1, 0.15) is 0 Å². The number of nitrogens with one attached hydrogen (secondary N) is 1. The molecule has 0 radical (unpaired) electrons. The number of aliphatic carboxylic acids is 1. The normalized spacial score (nSPS) is 21.7. The quantitative estimate of drug-likeness (QED) is 0.841. The second kappa shape index (κ2) is 6.19. The number of carbonyl (C=O) groups excluding carboxylic acids is 1. The first kappa shape index (κ1) is 14.1. The molecule has 1 saturated carbocycles. The summed E-state index contributed by atoms with van der Waals surface area (Å²) >= 11 is 1.78. The highest BCUT2D eigenvalue weighted by molar-refractivity contribution is 7.11. The van der Waals surface area contributed by atoms with E-state index < -0.39 is 5.97 Å². The number of carbonyl (C=O) groups is 2. The van der Waals surface area contributed by atoms with Gasteiger partial charge in [0, 0.05) is 22.2 Å². The Hall–Kier alpha value is -1.36. The van der Waals surface area contributed by atoms with Gasteiger partial charge in [-0.2, -0.15) is 0 Å². The summed E-state index contributed by atoms with van der Waals surface area (Å²) in [4.78, 5) is 24.9. The van der Waals surface area contributed by atoms with Crippen LogP contribution in [-0.4, -0.2) is 23.0 Å². The molecule has 0 aliphatic heterocycles. The fraction of sp³-hybridized carbons (Fsp3) is 0.571. The van der Waals surface area contributed by atoms with Crippen LogP contribution in [0, 0.1) is 12.8 Å². The van der Waals surface area contributed by atoms with Gasteiger partial charge in [0.2, 0.25) is 5.91 Å². The molecule has 1 fully saturated rings. The molecule has 0 unspecified atom stereocenters. The van der Waals surface area contributed by atoms with Gasteiger partial charge < -0.3 is 10.4 Å². The largest absolute Gasteiger partial charge is 0.481 e. The van der Waals surface area contributed by atoms with Crippen LogP contribution in [0.4, 0.5) is 0 Å². The standard InChI is InChI=1S/C14H19NO3S/c1-9-5-6-12(19-9)3-2-4-13(16)15-11-7-10(8-11)14(17)18/h5-6,10-11H,2-4,7-8H2,1H3,(H,15,16)(H,17,18). The number of thiophene rings is 1. The van der Waals surface area contributed by atoms with E-state index in [0.717, 1.165) is 12.8 Å². The lowest BCUT2D eigenvalue weighted by Crippen LogP contribution is -2.46. The molecule has 19 heavy (non-hydrogen) atoms. The fourth-order valence-corrected chi connectivity index (χ4v) is 3.21. The van der Waals surface area contributed by atoms with Crippen LogP contribution in [-0.2, 0) is 16.0 Å². The van der Waals surface area contributed by atoms with Crippen LogP contribution in [0.3, 0.4) is 0 Å². The van der Waals surface area contributed by atoms with Crippen molar-refractivity contribution in [2.75, 3.05) is 0 Å². The maximum Gasteiger partial charge on any atom is 0.306 e. The minimum absolute atomic E-state index is 0.0436. The highest BCUT2D eigenvalue weighted by Crippen LogP contribution is 2.27. The van der Waals surface area contributed by atoms with Crippen LogP contribution in [0.1, 0.15) is 35.4 Å². The summed E-state index contributed by atoms with van der Waals surface area (Å²) in [5, 5.41) is 11.6. The van der Waals surface area contributed by atoms with Gasteiger partial charge in [-0.15, -0.1) is 11.3 Å². The van der Waals surface area contributed by atoms with E-state index in [4.69, 9.17) is 5.11 Å². The van der Waals surface area contributed by atoms with Crippen LogP contribution in [0.15, 0.2) is 12.1 Å². The molecule has 1 aliphatic carbocycles. The summed E-state index contributed by atoms with van der Waals surface area (Å²) in [6.07, 6.45) is 3.46. The highest BCUT2D eigenvalue weighted by Gasteiger charge is 2.34. The molecule has 0 saturated heterocycles. The van der Waals surface area contributed by atoms with E-state index in [1.807, 2.05) is 0 Å². The molecule has 1 aliphatic rings. The first-order chi connectivity index (χ1) is 9.04. The second-order valence-electron chi connectivity index (χ2n) is 5.14. The van der Waals surface area contributed by atoms with Crippen molar-refractivity contribution in [1.82, 2.24) is 5.32 Å². The third-order valence-electron chi connectivity index (χ3n) is 3.48. The first-order valence-corrected chi connectivity index (χ1v) is 7.43. The molecule has 4 nitrogen and oxygen atoms in total. The Morgan fingerprint density at radius 2 is 2.16 bits per heavy atom. The van der Waals surface area contributed by atoms with Gasteiger partial charge in [0.15, 0.2) is 0 Å². The molecule has 0 spiro atoms. The molecule has 104 valence electrons. The number of hydrogen-bond acceptors (Lipinski definition) is 3. The van der Waals surface area contributed by atoms with Gasteiger partial charge in [-0.1, -0.05) is 0 Å². The topological polar surface area (TPSA) is 66.4 Å². The van der Waals surface area contributed by atoms with Crippen molar-refractivity contribution in [3.05, 3.63) is 21.9 Å². The third-order valence-corrected chi connectivity index (χ3v) is 4.54. The molecule has 0 aromatic carbocycles. The average molecular weight is 281 g/mol. The predicted molar refractivity (Wildman–Crippen MR) is 74.3 cm³/mol. The number of rotatable bonds is 6. The zero-order chi connectivity index (χ0) is 13.8. The SMILES string of the molecule is Cc1ccc(CCCC(=O)NC2CC(C(=O)O)C2)s1. The molecule has 2 rings (SSSR count). The summed E-state index contributed by atoms with van der Waals surface area (Å²) in [5.74, 6) is -0.972. The Morgan fingerprint density at radius 1 is 1.42 bits per heavy atom. The van der Waals surface area contributed by atoms with Gasteiger partial charge >= 0.3 is 5.97 Å². The van der Waals surface area contributed by atoms with Gasteiger partial charge in [-0.25, -0.2) is 0 Å². The molecular weight excluding hydrogens is 262 g/mol. The summed E-state index contributed by atoms with van der Waals surface area (Å²) in [7, 11) is 0. The van der Waals surface area contributed by atoms with Crippen molar-refractivity contribution in [2.45, 2.75) is 45.1 Å². The van der Waals surface area contributed by atoms with Crippen molar-refractivity contribution in [1.29, 1.82) is 0 Å². The van der Waals surface area contributed by atoms with Crippen molar-refractivity contribution in [3.63, 3.8) is 0 Å². The van der Waals surface area contributed by atoms with Crippen molar-refractivity contribution >= 4 is 23.2 Å². The smallest absolute Gasteiger partial charge is 0.306 e. The highest BCUT2D eigenvalue weighted by atomic mass is 32.1. The monoisotopic (exact) mass is 281 g/mol. The number of carboxylic acid groups (broad SMARTS) is 1. The Balaban J connectivity index is 1.59. The number of amides is 1. The Labute approximate surface area is 116 Å². The number of carboxylic acids is 1. The molecule has 2 N–H and O–H groups in total. The van der Waals surface area contributed by atoms with Crippen LogP contribution in [0.5, 0.6) is 0 Å². The van der Waals surface area contributed by atoms with Crippen LogP contribution >= 0.6 is 11.3 Å². The Morgan fingerprint density at radius 3 is 2.74 bits per heavy atom. The van der Waals surface area contributed by atoms with E-state index in [-0.39, 0.29) is 17.9 Å². The van der Waals surface area contributed by atoms with E-state index in [1.54, 1.807) is 11.3 Å². The molecule has 1 amide bonds. The molecule has 0 bridgehead atoms. The van der Waals surface area contributed by atoms with Crippen molar-refractivity contribution in [3.8, 4) is 0 Å². The van der Waals surface area contributed by atoms with E-state index in [2.05, 4.69) is 24.4 Å². The number of hydrogen-bond donors (Lipinski definition) is 2. The lowest BCUT2D eigenvalue weighted by atomic mass is 9.80. The minimum Gasteiger partial charge on any atom is -0.481 e. The maximum atomic E-state index is 11.7. The zero-order valence-corrected chi connectivity index (χ0v) is 11.8.